The average molecular weight is 604 g/mol. The van der Waals surface area contributed by atoms with E-state index in [1.54, 1.807) is 0 Å². The zero-order valence-corrected chi connectivity index (χ0v) is 30.5. The van der Waals surface area contributed by atoms with Gasteiger partial charge in [0.15, 0.2) is 0 Å². The first-order chi connectivity index (χ1) is 21.1. The van der Waals surface area contributed by atoms with E-state index < -0.39 is 0 Å². The molecule has 2 heterocycles. The SMILES string of the molecule is C=C(C)c1cnc(C)c(C)c1.C=C/C(=C\C=C(C)C)CC.CCCC(CCC)N1CCCCC1.CCc1ccccc1.CN. The molecule has 2 N–H and O–H groups in total. The number of aromatic nitrogens is 1. The van der Waals surface area contributed by atoms with E-state index in [-0.39, 0.29) is 0 Å². The van der Waals surface area contributed by atoms with Crippen LogP contribution in [0.25, 0.3) is 5.57 Å². The summed E-state index contributed by atoms with van der Waals surface area (Å²) in [6.45, 7) is 29.5. The van der Waals surface area contributed by atoms with E-state index in [0.29, 0.717) is 0 Å². The summed E-state index contributed by atoms with van der Waals surface area (Å²) in [6.07, 6.45) is 20.0. The van der Waals surface area contributed by atoms with E-state index in [4.69, 9.17) is 0 Å². The summed E-state index contributed by atoms with van der Waals surface area (Å²) in [5.41, 5.74) is 13.1. The zero-order chi connectivity index (χ0) is 33.8. The monoisotopic (exact) mass is 604 g/mol. The van der Waals surface area contributed by atoms with Gasteiger partial charge in [-0.3, -0.25) is 4.98 Å². The van der Waals surface area contributed by atoms with Crippen LogP contribution in [0, 0.1) is 13.8 Å². The van der Waals surface area contributed by atoms with Crippen molar-refractivity contribution in [3.63, 3.8) is 0 Å². The molecular weight excluding hydrogens is 534 g/mol. The van der Waals surface area contributed by atoms with Crippen LogP contribution in [0.1, 0.15) is 122 Å². The van der Waals surface area contributed by atoms with Gasteiger partial charge < -0.3 is 10.6 Å². The Hall–Kier alpha value is -2.75. The van der Waals surface area contributed by atoms with Gasteiger partial charge in [-0.2, -0.15) is 0 Å². The minimum atomic E-state index is 0.898. The number of piperidine rings is 1. The van der Waals surface area contributed by atoms with Gasteiger partial charge in [0.1, 0.15) is 0 Å². The lowest BCUT2D eigenvalue weighted by Gasteiger charge is -2.34. The molecule has 2 aromatic rings. The van der Waals surface area contributed by atoms with Gasteiger partial charge >= 0.3 is 0 Å². The maximum Gasteiger partial charge on any atom is 0.0402 e. The predicted octanol–water partition coefficient (Wildman–Crippen LogP) is 11.5. The van der Waals surface area contributed by atoms with Crippen LogP contribution in [0.15, 0.2) is 85.1 Å². The Morgan fingerprint density at radius 2 is 1.48 bits per heavy atom. The molecule has 0 aliphatic carbocycles. The molecule has 3 heteroatoms. The normalized spacial score (nSPS) is 12.5. The van der Waals surface area contributed by atoms with Gasteiger partial charge in [-0.05, 0) is 127 Å². The summed E-state index contributed by atoms with van der Waals surface area (Å²) in [4.78, 5) is 6.97. The fourth-order valence-electron chi connectivity index (χ4n) is 4.65. The third-order valence-corrected chi connectivity index (χ3v) is 7.54. The van der Waals surface area contributed by atoms with Gasteiger partial charge in [0, 0.05) is 17.9 Å². The molecule has 1 saturated heterocycles. The molecule has 1 aromatic heterocycles. The standard InChI is InChI=1S/C12H25N.C10H13N.C10H16.C8H10.CH5N/c1-3-8-12(9-4-2)13-10-6-5-7-11-13;1-7(2)10-5-8(3)9(4)11-6-10;1-5-10(6-2)8-7-9(3)4;1-2-8-6-4-3-5-7-8;1-2/h12H,3-11H2,1-2H3;5-6H,1H2,2-4H3;5,7-8H,1,6H2,2-4H3;3-7H,2H2,1H3;2H2,1H3/b;;10-8+;;. The molecular formula is C41H69N3. The summed E-state index contributed by atoms with van der Waals surface area (Å²) >= 11 is 0. The smallest absolute Gasteiger partial charge is 0.0402 e. The molecule has 0 amide bonds. The van der Waals surface area contributed by atoms with E-state index in [1.807, 2.05) is 32.2 Å². The van der Waals surface area contributed by atoms with Crippen LogP contribution in [0.2, 0.25) is 0 Å². The number of hydrogen-bond acceptors (Lipinski definition) is 3. The molecule has 0 unspecified atom stereocenters. The quantitative estimate of drug-likeness (QED) is 0.275. The minimum absolute atomic E-state index is 0.898. The summed E-state index contributed by atoms with van der Waals surface area (Å²) < 4.78 is 0. The highest BCUT2D eigenvalue weighted by molar-refractivity contribution is 5.61. The Morgan fingerprint density at radius 3 is 1.86 bits per heavy atom. The fraction of sp³-hybridized carbons (Fsp3) is 0.537. The van der Waals surface area contributed by atoms with Gasteiger partial charge in [0.2, 0.25) is 0 Å². The second-order valence-electron chi connectivity index (χ2n) is 11.6. The summed E-state index contributed by atoms with van der Waals surface area (Å²) in [5.74, 6) is 0. The number of pyridine rings is 1. The molecule has 1 aliphatic heterocycles. The molecule has 0 spiro atoms. The number of rotatable bonds is 10. The summed E-state index contributed by atoms with van der Waals surface area (Å²) in [7, 11) is 1.50. The van der Waals surface area contributed by atoms with Crippen molar-refractivity contribution < 1.29 is 0 Å². The molecule has 44 heavy (non-hydrogen) atoms. The van der Waals surface area contributed by atoms with Crippen LogP contribution in [-0.4, -0.2) is 36.1 Å². The molecule has 1 aliphatic rings. The Morgan fingerprint density at radius 1 is 0.909 bits per heavy atom. The first-order valence-corrected chi connectivity index (χ1v) is 17.0. The molecule has 1 fully saturated rings. The molecule has 0 radical (unpaired) electrons. The van der Waals surface area contributed by atoms with E-state index in [0.717, 1.165) is 35.7 Å². The molecule has 0 saturated carbocycles. The number of hydrogen-bond donors (Lipinski definition) is 1. The van der Waals surface area contributed by atoms with Gasteiger partial charge in [-0.15, -0.1) is 0 Å². The van der Waals surface area contributed by atoms with Crippen molar-refractivity contribution in [1.82, 2.24) is 9.88 Å². The van der Waals surface area contributed by atoms with Gasteiger partial charge in [-0.25, -0.2) is 0 Å². The van der Waals surface area contributed by atoms with Gasteiger partial charge in [0.05, 0.1) is 0 Å². The van der Waals surface area contributed by atoms with E-state index in [9.17, 15) is 0 Å². The van der Waals surface area contributed by atoms with Crippen LogP contribution >= 0.6 is 0 Å². The zero-order valence-electron chi connectivity index (χ0n) is 30.5. The van der Waals surface area contributed by atoms with Crippen LogP contribution < -0.4 is 5.73 Å². The molecule has 0 atom stereocenters. The van der Waals surface area contributed by atoms with Crippen LogP contribution in [0.4, 0.5) is 0 Å². The van der Waals surface area contributed by atoms with Crippen LogP contribution in [0.3, 0.4) is 0 Å². The molecule has 0 bridgehead atoms. The van der Waals surface area contributed by atoms with Crippen molar-refractivity contribution in [2.75, 3.05) is 20.1 Å². The Bertz CT molecular complexity index is 1030. The van der Waals surface area contributed by atoms with Crippen LogP contribution in [0.5, 0.6) is 0 Å². The second-order valence-corrected chi connectivity index (χ2v) is 11.6. The second kappa shape index (κ2) is 29.0. The molecule has 1 aromatic carbocycles. The highest BCUT2D eigenvalue weighted by atomic mass is 15.2. The third kappa shape index (κ3) is 21.9. The maximum absolute atomic E-state index is 4.50. The van der Waals surface area contributed by atoms with Crippen LogP contribution in [-0.2, 0) is 6.42 Å². The summed E-state index contributed by atoms with van der Waals surface area (Å²) in [6, 6.07) is 13.5. The summed E-state index contributed by atoms with van der Waals surface area (Å²) in [5, 5.41) is 0. The molecule has 248 valence electrons. The van der Waals surface area contributed by atoms with Crippen molar-refractivity contribution in [3.05, 3.63) is 108 Å². The molecule has 3 rings (SSSR count). The van der Waals surface area contributed by atoms with Gasteiger partial charge in [0.25, 0.3) is 0 Å². The van der Waals surface area contributed by atoms with Crippen molar-refractivity contribution in [1.29, 1.82) is 0 Å². The van der Waals surface area contributed by atoms with E-state index >= 15 is 0 Å². The Balaban J connectivity index is 0. The minimum Gasteiger partial charge on any atom is -0.333 e. The lowest BCUT2D eigenvalue weighted by Crippen LogP contribution is -2.39. The number of nitrogens with two attached hydrogens (primary N) is 1. The van der Waals surface area contributed by atoms with E-state index in [1.165, 1.54) is 87.4 Å². The number of benzene rings is 1. The Labute approximate surface area is 274 Å². The first-order valence-electron chi connectivity index (χ1n) is 17.0. The number of nitrogens with zero attached hydrogens (tertiary/aromatic N) is 2. The Kier molecular flexibility index (Phi) is 28.6. The van der Waals surface area contributed by atoms with Crippen molar-refractivity contribution >= 4 is 5.57 Å². The average Bonchev–Trinajstić information content (AvgIpc) is 3.05. The number of aryl methyl sites for hydroxylation is 3. The van der Waals surface area contributed by atoms with Crippen molar-refractivity contribution in [2.24, 2.45) is 5.73 Å². The number of likely N-dealkylation sites (tertiary alicyclic amines) is 1. The topological polar surface area (TPSA) is 42.2 Å². The third-order valence-electron chi connectivity index (χ3n) is 7.54. The van der Waals surface area contributed by atoms with Gasteiger partial charge in [-0.1, -0.05) is 114 Å². The predicted molar refractivity (Wildman–Crippen MR) is 201 cm³/mol. The van der Waals surface area contributed by atoms with E-state index in [2.05, 4.69) is 120 Å². The largest absolute Gasteiger partial charge is 0.333 e. The van der Waals surface area contributed by atoms with Crippen molar-refractivity contribution in [3.8, 4) is 0 Å². The lowest BCUT2D eigenvalue weighted by molar-refractivity contribution is 0.146. The first kappa shape index (κ1) is 43.4. The maximum atomic E-state index is 4.50. The highest BCUT2D eigenvalue weighted by Gasteiger charge is 2.18. The lowest BCUT2D eigenvalue weighted by atomic mass is 10.0. The number of allylic oxidation sites excluding steroid dienone is 6. The highest BCUT2D eigenvalue weighted by Crippen LogP contribution is 2.18. The molecule has 3 nitrogen and oxygen atoms in total. The van der Waals surface area contributed by atoms with Crippen molar-refractivity contribution in [2.45, 2.75) is 126 Å². The fourth-order valence-corrected chi connectivity index (χ4v) is 4.65.